The number of nitrogens with zero attached hydrogens (tertiary/aromatic N) is 4. The van der Waals surface area contributed by atoms with Crippen LogP contribution in [0.5, 0.6) is 0 Å². The summed E-state index contributed by atoms with van der Waals surface area (Å²) in [5, 5.41) is 3.54. The molecule has 1 aromatic heterocycles. The van der Waals surface area contributed by atoms with Gasteiger partial charge in [-0.05, 0) is 32.1 Å². The van der Waals surface area contributed by atoms with Crippen molar-refractivity contribution < 1.29 is 36.2 Å². The molecule has 5 rings (SSSR count). The molecule has 0 unspecified atom stereocenters. The first-order valence-electron chi connectivity index (χ1n) is 12.7. The first-order chi connectivity index (χ1) is 17.6. The van der Waals surface area contributed by atoms with Crippen molar-refractivity contribution in [3.05, 3.63) is 18.1 Å². The zero-order chi connectivity index (χ0) is 26.4. The number of anilines is 1. The Morgan fingerprint density at radius 1 is 1.27 bits per heavy atom. The topological polar surface area (TPSA) is 79.8 Å². The zero-order valence-corrected chi connectivity index (χ0v) is 20.6. The van der Waals surface area contributed by atoms with E-state index in [2.05, 4.69) is 15.3 Å². The third kappa shape index (κ3) is 5.26. The Hall–Kier alpha value is -2.12. The lowest BCUT2D eigenvalue weighted by molar-refractivity contribution is -0.146. The molecule has 1 aromatic rings. The van der Waals surface area contributed by atoms with Crippen LogP contribution in [0, 0.1) is 5.41 Å². The van der Waals surface area contributed by atoms with E-state index in [1.54, 1.807) is 16.9 Å². The number of carbonyl (C=O) groups is 1. The van der Waals surface area contributed by atoms with Crippen molar-refractivity contribution in [2.75, 3.05) is 38.3 Å². The number of piperazine rings is 1. The van der Waals surface area contributed by atoms with Gasteiger partial charge >= 0.3 is 6.18 Å². The molecule has 2 bridgehead atoms. The van der Waals surface area contributed by atoms with E-state index >= 15 is 0 Å². The highest BCUT2D eigenvalue weighted by Crippen LogP contribution is 2.47. The minimum Gasteiger partial charge on any atom is -0.379 e. The van der Waals surface area contributed by atoms with E-state index in [9.17, 15) is 26.7 Å². The van der Waals surface area contributed by atoms with Crippen LogP contribution in [0.1, 0.15) is 44.2 Å². The van der Waals surface area contributed by atoms with Crippen LogP contribution in [0.4, 0.5) is 27.8 Å². The predicted octanol–water partition coefficient (Wildman–Crippen LogP) is 2.87. The summed E-state index contributed by atoms with van der Waals surface area (Å²) in [7, 11) is 1.62. The van der Waals surface area contributed by atoms with Crippen LogP contribution in [0.2, 0.25) is 0 Å². The Kier molecular flexibility index (Phi) is 7.31. The summed E-state index contributed by atoms with van der Waals surface area (Å²) in [6.45, 7) is 1.65. The lowest BCUT2D eigenvalue weighted by Crippen LogP contribution is -2.54. The minimum absolute atomic E-state index is 0.0343. The molecule has 206 valence electrons. The molecule has 4 heterocycles. The highest BCUT2D eigenvalue weighted by atomic mass is 19.4. The molecule has 1 N–H and O–H groups in total. The molecular weight excluding hydrogens is 501 g/mol. The summed E-state index contributed by atoms with van der Waals surface area (Å²) in [4.78, 5) is 24.6. The standard InChI is InChI=1S/C24H32F5N5O3/c1-36-18-12-37-5-3-17(18)32-14-2-4-23(8-14,9-20(25)26)22(35)34-11-15-6-16(34)10-33(15)21-7-19(24(27,28)29)30-13-31-21/h7,13-18,20,32H,2-6,8-12H2,1H3/t14-,15+,16+,17+,18-,23+/m1/s1. The van der Waals surface area contributed by atoms with Crippen LogP contribution >= 0.6 is 0 Å². The number of aromatic nitrogens is 2. The molecule has 1 saturated carbocycles. The average Bonchev–Trinajstić information content (AvgIpc) is 3.58. The van der Waals surface area contributed by atoms with E-state index in [1.165, 1.54) is 0 Å². The van der Waals surface area contributed by atoms with Gasteiger partial charge in [0.1, 0.15) is 17.8 Å². The molecule has 3 aliphatic heterocycles. The van der Waals surface area contributed by atoms with E-state index in [-0.39, 0.29) is 48.5 Å². The van der Waals surface area contributed by atoms with Crippen molar-refractivity contribution in [2.24, 2.45) is 5.41 Å². The molecule has 3 saturated heterocycles. The van der Waals surface area contributed by atoms with Gasteiger partial charge in [-0.2, -0.15) is 13.2 Å². The zero-order valence-electron chi connectivity index (χ0n) is 20.6. The first kappa shape index (κ1) is 26.5. The van der Waals surface area contributed by atoms with Crippen molar-refractivity contribution in [3.63, 3.8) is 0 Å². The van der Waals surface area contributed by atoms with Crippen LogP contribution in [0.15, 0.2) is 12.4 Å². The number of halogens is 5. The summed E-state index contributed by atoms with van der Waals surface area (Å²) in [6.07, 6.45) is -4.31. The summed E-state index contributed by atoms with van der Waals surface area (Å²) in [5.41, 5.74) is -2.18. The Morgan fingerprint density at radius 3 is 2.76 bits per heavy atom. The molecule has 13 heteroatoms. The third-order valence-corrected chi connectivity index (χ3v) is 8.40. The van der Waals surface area contributed by atoms with Crippen molar-refractivity contribution in [2.45, 2.75) is 81.4 Å². The number of rotatable bonds is 7. The van der Waals surface area contributed by atoms with Crippen LogP contribution in [-0.4, -0.2) is 90.9 Å². The quantitative estimate of drug-likeness (QED) is 0.540. The third-order valence-electron chi connectivity index (χ3n) is 8.40. The highest BCUT2D eigenvalue weighted by molar-refractivity contribution is 5.84. The maximum absolute atomic E-state index is 13.8. The SMILES string of the molecule is CO[C@@H]1COCC[C@@H]1N[C@@H]1CC[C@](CC(F)F)(C(=O)N2C[C@@H]3C[C@H]2CN3c2cc(C(F)(F)F)ncn2)C1. The second kappa shape index (κ2) is 10.2. The molecule has 8 nitrogen and oxygen atoms in total. The minimum atomic E-state index is -4.58. The van der Waals surface area contributed by atoms with Crippen molar-refractivity contribution in [1.29, 1.82) is 0 Å². The molecule has 4 fully saturated rings. The molecule has 1 aliphatic carbocycles. The molecule has 1 amide bonds. The van der Waals surface area contributed by atoms with Gasteiger partial charge in [0.15, 0.2) is 0 Å². The number of alkyl halides is 5. The van der Waals surface area contributed by atoms with E-state index in [1.807, 2.05) is 0 Å². The monoisotopic (exact) mass is 533 g/mol. The number of hydrogen-bond acceptors (Lipinski definition) is 7. The Morgan fingerprint density at radius 2 is 2.08 bits per heavy atom. The maximum Gasteiger partial charge on any atom is 0.433 e. The summed E-state index contributed by atoms with van der Waals surface area (Å²) < 4.78 is 77.8. The van der Waals surface area contributed by atoms with Crippen molar-refractivity contribution in [1.82, 2.24) is 20.2 Å². The Bertz CT molecular complexity index is 984. The number of methoxy groups -OCH3 is 1. The van der Waals surface area contributed by atoms with Gasteiger partial charge in [0, 0.05) is 51.4 Å². The fourth-order valence-electron chi connectivity index (χ4n) is 6.63. The second-order valence-electron chi connectivity index (χ2n) is 10.6. The number of amides is 1. The van der Waals surface area contributed by atoms with E-state index in [4.69, 9.17) is 9.47 Å². The lowest BCUT2D eigenvalue weighted by atomic mass is 9.80. The number of likely N-dealkylation sites (tertiary alicyclic amines) is 1. The van der Waals surface area contributed by atoms with Crippen molar-refractivity contribution >= 4 is 11.7 Å². The smallest absolute Gasteiger partial charge is 0.379 e. The van der Waals surface area contributed by atoms with Gasteiger partial charge in [0.05, 0.1) is 30.2 Å². The average molecular weight is 534 g/mol. The highest BCUT2D eigenvalue weighted by Gasteiger charge is 2.54. The predicted molar refractivity (Wildman–Crippen MR) is 122 cm³/mol. The molecule has 37 heavy (non-hydrogen) atoms. The van der Waals surface area contributed by atoms with E-state index < -0.39 is 30.1 Å². The lowest BCUT2D eigenvalue weighted by Gasteiger charge is -2.40. The van der Waals surface area contributed by atoms with Gasteiger partial charge in [-0.1, -0.05) is 0 Å². The maximum atomic E-state index is 13.8. The van der Waals surface area contributed by atoms with Crippen LogP contribution < -0.4 is 10.2 Å². The Balaban J connectivity index is 1.27. The fraction of sp³-hybridized carbons (Fsp3) is 0.792. The van der Waals surface area contributed by atoms with Crippen LogP contribution in [-0.2, 0) is 20.4 Å². The number of ether oxygens (including phenoxy) is 2. The van der Waals surface area contributed by atoms with Gasteiger partial charge in [-0.3, -0.25) is 4.79 Å². The second-order valence-corrected chi connectivity index (χ2v) is 10.6. The number of hydrogen-bond donors (Lipinski definition) is 1. The van der Waals surface area contributed by atoms with Crippen molar-refractivity contribution in [3.8, 4) is 0 Å². The van der Waals surface area contributed by atoms with E-state index in [0.717, 1.165) is 18.8 Å². The molecule has 0 aromatic carbocycles. The Labute approximate surface area is 211 Å². The largest absolute Gasteiger partial charge is 0.433 e. The number of carbonyl (C=O) groups excluding carboxylic acids is 1. The van der Waals surface area contributed by atoms with Gasteiger partial charge in [-0.25, -0.2) is 18.7 Å². The van der Waals surface area contributed by atoms with Crippen LogP contribution in [0.25, 0.3) is 0 Å². The molecule has 4 aliphatic rings. The summed E-state index contributed by atoms with van der Waals surface area (Å²) in [5.74, 6) is -0.100. The van der Waals surface area contributed by atoms with Gasteiger partial charge in [0.2, 0.25) is 12.3 Å². The molecule has 6 atom stereocenters. The summed E-state index contributed by atoms with van der Waals surface area (Å²) >= 11 is 0. The molecule has 0 radical (unpaired) electrons. The van der Waals surface area contributed by atoms with Gasteiger partial charge in [0.25, 0.3) is 0 Å². The van der Waals surface area contributed by atoms with Gasteiger partial charge < -0.3 is 24.6 Å². The number of nitrogens with one attached hydrogen (secondary N) is 1. The van der Waals surface area contributed by atoms with Gasteiger partial charge in [-0.15, -0.1) is 0 Å². The first-order valence-corrected chi connectivity index (χ1v) is 12.7. The fourth-order valence-corrected chi connectivity index (χ4v) is 6.63. The molecule has 0 spiro atoms. The molecular formula is C24H32F5N5O3. The summed E-state index contributed by atoms with van der Waals surface area (Å²) in [6, 6.07) is 0.404. The number of fused-ring (bicyclic) bond motifs is 2. The van der Waals surface area contributed by atoms with E-state index in [0.29, 0.717) is 45.4 Å². The van der Waals surface area contributed by atoms with Crippen LogP contribution in [0.3, 0.4) is 0 Å². The normalized spacial score (nSPS) is 34.1.